The summed E-state index contributed by atoms with van der Waals surface area (Å²) in [6, 6.07) is 8.01. The highest BCUT2D eigenvalue weighted by Gasteiger charge is 2.30. The first-order valence-electron chi connectivity index (χ1n) is 7.71. The molecular weight excluding hydrogens is 352 g/mol. The number of benzene rings is 1. The van der Waals surface area contributed by atoms with Crippen LogP contribution in [0.3, 0.4) is 0 Å². The Morgan fingerprint density at radius 3 is 2.35 bits per heavy atom. The molecule has 2 aromatic rings. The van der Waals surface area contributed by atoms with Gasteiger partial charge in [-0.25, -0.2) is 9.40 Å². The topological polar surface area (TPSA) is 57.6 Å². The summed E-state index contributed by atoms with van der Waals surface area (Å²) in [6.07, 6.45) is -2.90. The van der Waals surface area contributed by atoms with Crippen molar-refractivity contribution in [1.82, 2.24) is 15.3 Å². The molecule has 0 fully saturated rings. The number of pyridine rings is 1. The zero-order valence-corrected chi connectivity index (χ0v) is 13.4. The summed E-state index contributed by atoms with van der Waals surface area (Å²) >= 11 is 0. The zero-order valence-electron chi connectivity index (χ0n) is 13.4. The van der Waals surface area contributed by atoms with Gasteiger partial charge >= 0.3 is 6.18 Å². The molecule has 0 saturated carbocycles. The molecule has 136 valence electrons. The molecule has 26 heavy (non-hydrogen) atoms. The van der Waals surface area contributed by atoms with Crippen molar-refractivity contribution in [2.45, 2.75) is 6.18 Å². The van der Waals surface area contributed by atoms with Crippen LogP contribution in [0, 0.1) is 0 Å². The van der Waals surface area contributed by atoms with E-state index in [0.717, 1.165) is 17.1 Å². The molecule has 1 N–H and O–H groups in total. The van der Waals surface area contributed by atoms with Gasteiger partial charge in [0.25, 0.3) is 5.91 Å². The zero-order chi connectivity index (χ0) is 18.7. The van der Waals surface area contributed by atoms with E-state index in [1.807, 2.05) is 0 Å². The van der Waals surface area contributed by atoms with Gasteiger partial charge < -0.3 is 5.32 Å². The van der Waals surface area contributed by atoms with E-state index in [-0.39, 0.29) is 19.0 Å². The normalized spacial score (nSPS) is 14.8. The number of nitrogens with one attached hydrogen (secondary N) is 1. The third kappa shape index (κ3) is 3.81. The van der Waals surface area contributed by atoms with E-state index < -0.39 is 18.4 Å². The standard InChI is InChI=1S/C17H14F4N4O/c18-7-8-25-15(26)10-23-16(24-25)12-3-6-14(22-9-12)11-1-4-13(5-2-11)17(19,20)21/h1-6,9H,7-8,10H2,(H,23,24). The van der Waals surface area contributed by atoms with E-state index in [4.69, 9.17) is 0 Å². The SMILES string of the molecule is O=C1CNC(c2ccc(-c3ccc(C(F)(F)F)cc3)nc2)=NN1CCF. The maximum Gasteiger partial charge on any atom is 0.416 e. The second kappa shape index (κ2) is 7.11. The summed E-state index contributed by atoms with van der Waals surface area (Å²) < 4.78 is 50.3. The van der Waals surface area contributed by atoms with E-state index >= 15 is 0 Å². The lowest BCUT2D eigenvalue weighted by molar-refractivity contribution is -0.137. The summed E-state index contributed by atoms with van der Waals surface area (Å²) in [5.41, 5.74) is 0.890. The van der Waals surface area contributed by atoms with Crippen LogP contribution in [0.5, 0.6) is 0 Å². The number of amides is 1. The van der Waals surface area contributed by atoms with Crippen molar-refractivity contribution in [2.24, 2.45) is 5.10 Å². The number of hydrogen-bond acceptors (Lipinski definition) is 4. The molecule has 1 aliphatic rings. The van der Waals surface area contributed by atoms with Crippen LogP contribution >= 0.6 is 0 Å². The number of aromatic nitrogens is 1. The largest absolute Gasteiger partial charge is 0.416 e. The number of amidine groups is 1. The molecule has 0 radical (unpaired) electrons. The van der Waals surface area contributed by atoms with E-state index in [0.29, 0.717) is 22.7 Å². The third-order valence-electron chi connectivity index (χ3n) is 3.76. The van der Waals surface area contributed by atoms with E-state index in [2.05, 4.69) is 15.4 Å². The second-order valence-corrected chi connectivity index (χ2v) is 5.52. The molecule has 0 bridgehead atoms. The summed E-state index contributed by atoms with van der Waals surface area (Å²) in [5.74, 6) is 0.0465. The van der Waals surface area contributed by atoms with Gasteiger partial charge in [-0.05, 0) is 24.3 Å². The lowest BCUT2D eigenvalue weighted by atomic mass is 10.1. The number of halogens is 4. The maximum absolute atomic E-state index is 12.6. The number of alkyl halides is 4. The van der Waals surface area contributed by atoms with Crippen LogP contribution in [0.25, 0.3) is 11.3 Å². The number of hydrazone groups is 1. The quantitative estimate of drug-likeness (QED) is 0.847. The van der Waals surface area contributed by atoms with Crippen molar-refractivity contribution >= 4 is 11.7 Å². The Balaban J connectivity index is 1.80. The van der Waals surface area contributed by atoms with Crippen molar-refractivity contribution in [3.8, 4) is 11.3 Å². The van der Waals surface area contributed by atoms with E-state index in [9.17, 15) is 22.4 Å². The average Bonchev–Trinajstić information content (AvgIpc) is 2.63. The van der Waals surface area contributed by atoms with Crippen LogP contribution < -0.4 is 5.32 Å². The Labute approximate surface area is 146 Å². The molecule has 0 spiro atoms. The maximum atomic E-state index is 12.6. The minimum absolute atomic E-state index is 0.000507. The van der Waals surface area contributed by atoms with Crippen LogP contribution in [0.15, 0.2) is 47.7 Å². The number of nitrogens with zero attached hydrogens (tertiary/aromatic N) is 3. The molecule has 2 heterocycles. The van der Waals surface area contributed by atoms with Gasteiger partial charge in [0.2, 0.25) is 0 Å². The van der Waals surface area contributed by atoms with Crippen LogP contribution in [0.2, 0.25) is 0 Å². The van der Waals surface area contributed by atoms with Crippen molar-refractivity contribution in [2.75, 3.05) is 19.8 Å². The third-order valence-corrected chi connectivity index (χ3v) is 3.76. The molecule has 1 aromatic carbocycles. The molecule has 0 unspecified atom stereocenters. The van der Waals surface area contributed by atoms with Crippen molar-refractivity contribution < 1.29 is 22.4 Å². The van der Waals surface area contributed by atoms with Gasteiger partial charge in [0.15, 0.2) is 5.84 Å². The first kappa shape index (κ1) is 17.8. The highest BCUT2D eigenvalue weighted by atomic mass is 19.4. The van der Waals surface area contributed by atoms with Gasteiger partial charge in [-0.3, -0.25) is 9.78 Å². The van der Waals surface area contributed by atoms with Gasteiger partial charge in [0, 0.05) is 17.3 Å². The summed E-state index contributed by atoms with van der Waals surface area (Å²) in [6.45, 7) is -0.825. The Hall–Kier alpha value is -2.97. The van der Waals surface area contributed by atoms with Gasteiger partial charge in [-0.1, -0.05) is 12.1 Å². The molecular formula is C17H14F4N4O. The number of hydrogen-bond donors (Lipinski definition) is 1. The van der Waals surface area contributed by atoms with Crippen LogP contribution in [-0.4, -0.2) is 41.5 Å². The first-order valence-corrected chi connectivity index (χ1v) is 7.71. The molecule has 0 aliphatic carbocycles. The fraction of sp³-hybridized carbons (Fsp3) is 0.235. The van der Waals surface area contributed by atoms with Crippen molar-refractivity contribution in [1.29, 1.82) is 0 Å². The molecule has 9 heteroatoms. The van der Waals surface area contributed by atoms with Crippen LogP contribution in [0.4, 0.5) is 17.6 Å². The van der Waals surface area contributed by atoms with Gasteiger partial charge in [-0.15, -0.1) is 0 Å². The highest BCUT2D eigenvalue weighted by Crippen LogP contribution is 2.30. The fourth-order valence-electron chi connectivity index (χ4n) is 2.41. The Morgan fingerprint density at radius 2 is 1.77 bits per heavy atom. The lowest BCUT2D eigenvalue weighted by Crippen LogP contribution is -2.45. The predicted molar refractivity (Wildman–Crippen MR) is 86.9 cm³/mol. The van der Waals surface area contributed by atoms with Gasteiger partial charge in [0.1, 0.15) is 6.67 Å². The second-order valence-electron chi connectivity index (χ2n) is 5.52. The molecule has 0 saturated heterocycles. The van der Waals surface area contributed by atoms with E-state index in [1.54, 1.807) is 12.1 Å². The van der Waals surface area contributed by atoms with Gasteiger partial charge in [-0.2, -0.15) is 18.3 Å². The smallest absolute Gasteiger partial charge is 0.359 e. The molecule has 1 aliphatic heterocycles. The molecule has 1 aromatic heterocycles. The molecule has 1 amide bonds. The molecule has 3 rings (SSSR count). The fourth-order valence-corrected chi connectivity index (χ4v) is 2.41. The van der Waals surface area contributed by atoms with Gasteiger partial charge in [0.05, 0.1) is 24.3 Å². The van der Waals surface area contributed by atoms with Crippen LogP contribution in [-0.2, 0) is 11.0 Å². The Kier molecular flexibility index (Phi) is 4.88. The molecule has 0 atom stereocenters. The number of carbonyl (C=O) groups excluding carboxylic acids is 1. The summed E-state index contributed by atoms with van der Waals surface area (Å²) in [7, 11) is 0. The minimum atomic E-state index is -4.39. The number of carbonyl (C=O) groups is 1. The summed E-state index contributed by atoms with van der Waals surface area (Å²) in [5, 5.41) is 7.93. The predicted octanol–water partition coefficient (Wildman–Crippen LogP) is 2.83. The van der Waals surface area contributed by atoms with Crippen LogP contribution in [0.1, 0.15) is 11.1 Å². The monoisotopic (exact) mass is 366 g/mol. The Bertz CT molecular complexity index is 816. The van der Waals surface area contributed by atoms with Crippen molar-refractivity contribution in [3.63, 3.8) is 0 Å². The molecule has 5 nitrogen and oxygen atoms in total. The first-order chi connectivity index (χ1) is 12.4. The number of rotatable bonds is 4. The Morgan fingerprint density at radius 1 is 1.08 bits per heavy atom. The highest BCUT2D eigenvalue weighted by molar-refractivity contribution is 6.02. The van der Waals surface area contributed by atoms with E-state index in [1.165, 1.54) is 18.3 Å². The van der Waals surface area contributed by atoms with Crippen molar-refractivity contribution in [3.05, 3.63) is 53.7 Å². The lowest BCUT2D eigenvalue weighted by Gasteiger charge is -2.23. The minimum Gasteiger partial charge on any atom is -0.359 e. The average molecular weight is 366 g/mol. The summed E-state index contributed by atoms with van der Waals surface area (Å²) in [4.78, 5) is 15.8.